The van der Waals surface area contributed by atoms with Gasteiger partial charge in [-0.1, -0.05) is 18.2 Å². The number of hydrogen-bond donors (Lipinski definition) is 1. The molecule has 1 atom stereocenters. The molecule has 0 saturated heterocycles. The fraction of sp³-hybridized carbons (Fsp3) is 0.231. The van der Waals surface area contributed by atoms with Crippen molar-refractivity contribution in [3.8, 4) is 0 Å². The standard InChI is InChI=1S/C13H12FNO3/c1-15-11(16)7-6-10(13(17)18)12(15)8-2-4-9(14)5-3-8/h2-6,12H,7H2,1H3,(H,17,18). The van der Waals surface area contributed by atoms with E-state index in [1.54, 1.807) is 7.05 Å². The topological polar surface area (TPSA) is 57.6 Å². The summed E-state index contributed by atoms with van der Waals surface area (Å²) in [6.45, 7) is 0. The second kappa shape index (κ2) is 4.60. The Bertz CT molecular complexity index is 522. The van der Waals surface area contributed by atoms with Crippen LogP contribution in [-0.2, 0) is 9.59 Å². The highest BCUT2D eigenvalue weighted by atomic mass is 19.1. The van der Waals surface area contributed by atoms with Gasteiger partial charge in [-0.3, -0.25) is 4.79 Å². The van der Waals surface area contributed by atoms with Crippen molar-refractivity contribution >= 4 is 11.9 Å². The molecule has 1 N–H and O–H groups in total. The van der Waals surface area contributed by atoms with E-state index in [2.05, 4.69) is 0 Å². The first kappa shape index (κ1) is 12.3. The molecule has 0 aromatic heterocycles. The summed E-state index contributed by atoms with van der Waals surface area (Å²) in [5, 5.41) is 9.15. The molecular weight excluding hydrogens is 237 g/mol. The lowest BCUT2D eigenvalue weighted by atomic mass is 9.93. The summed E-state index contributed by atoms with van der Waals surface area (Å²) in [5.41, 5.74) is 0.726. The number of carboxylic acid groups (broad SMARTS) is 1. The molecule has 94 valence electrons. The highest BCUT2D eigenvalue weighted by molar-refractivity contribution is 5.93. The largest absolute Gasteiger partial charge is 0.478 e. The zero-order valence-corrected chi connectivity index (χ0v) is 9.76. The molecule has 1 aliphatic rings. The number of nitrogens with zero attached hydrogens (tertiary/aromatic N) is 1. The third-order valence-corrected chi connectivity index (χ3v) is 3.00. The van der Waals surface area contributed by atoms with Crippen molar-refractivity contribution < 1.29 is 19.1 Å². The lowest BCUT2D eigenvalue weighted by molar-refractivity contribution is -0.136. The second-order valence-corrected chi connectivity index (χ2v) is 4.13. The number of hydrogen-bond acceptors (Lipinski definition) is 2. The summed E-state index contributed by atoms with van der Waals surface area (Å²) < 4.78 is 12.9. The highest BCUT2D eigenvalue weighted by Crippen LogP contribution is 2.31. The molecule has 1 amide bonds. The first-order valence-corrected chi connectivity index (χ1v) is 5.45. The van der Waals surface area contributed by atoms with Crippen LogP contribution in [0.1, 0.15) is 18.0 Å². The van der Waals surface area contributed by atoms with Gasteiger partial charge in [0.05, 0.1) is 11.6 Å². The van der Waals surface area contributed by atoms with Crippen LogP contribution in [0.2, 0.25) is 0 Å². The van der Waals surface area contributed by atoms with Crippen LogP contribution >= 0.6 is 0 Å². The molecule has 5 heteroatoms. The molecule has 0 fully saturated rings. The van der Waals surface area contributed by atoms with Gasteiger partial charge in [0.1, 0.15) is 5.82 Å². The molecule has 4 nitrogen and oxygen atoms in total. The SMILES string of the molecule is CN1C(=O)CC=C(C(=O)O)C1c1ccc(F)cc1. The molecule has 18 heavy (non-hydrogen) atoms. The van der Waals surface area contributed by atoms with E-state index in [-0.39, 0.29) is 17.9 Å². The van der Waals surface area contributed by atoms with Crippen molar-refractivity contribution in [1.82, 2.24) is 4.90 Å². The average molecular weight is 249 g/mol. The van der Waals surface area contributed by atoms with Crippen LogP contribution in [0.15, 0.2) is 35.9 Å². The van der Waals surface area contributed by atoms with Crippen LogP contribution in [0.3, 0.4) is 0 Å². The van der Waals surface area contributed by atoms with E-state index < -0.39 is 17.8 Å². The van der Waals surface area contributed by atoms with Gasteiger partial charge in [-0.25, -0.2) is 9.18 Å². The Hall–Kier alpha value is -2.17. The minimum absolute atomic E-state index is 0.0792. The number of amides is 1. The zero-order valence-electron chi connectivity index (χ0n) is 9.76. The fourth-order valence-electron chi connectivity index (χ4n) is 2.06. The number of benzene rings is 1. The average Bonchev–Trinajstić information content (AvgIpc) is 2.33. The molecule has 1 aliphatic heterocycles. The predicted octanol–water partition coefficient (Wildman–Crippen LogP) is 1.74. The van der Waals surface area contributed by atoms with E-state index in [9.17, 15) is 14.0 Å². The predicted molar refractivity (Wildman–Crippen MR) is 62.2 cm³/mol. The monoisotopic (exact) mass is 249 g/mol. The molecule has 0 aliphatic carbocycles. The first-order valence-electron chi connectivity index (χ1n) is 5.45. The minimum atomic E-state index is -1.07. The normalized spacial score (nSPS) is 19.7. The summed E-state index contributed by atoms with van der Waals surface area (Å²) in [6, 6.07) is 4.82. The molecule has 0 saturated carbocycles. The van der Waals surface area contributed by atoms with E-state index in [0.29, 0.717) is 5.56 Å². The fourth-order valence-corrected chi connectivity index (χ4v) is 2.06. The van der Waals surface area contributed by atoms with Gasteiger partial charge in [-0.2, -0.15) is 0 Å². The molecule has 1 aromatic rings. The van der Waals surface area contributed by atoms with Gasteiger partial charge in [-0.05, 0) is 17.7 Å². The van der Waals surface area contributed by atoms with Gasteiger partial charge in [0.2, 0.25) is 5.91 Å². The summed E-state index contributed by atoms with van der Waals surface area (Å²) in [6.07, 6.45) is 1.49. The van der Waals surface area contributed by atoms with E-state index in [4.69, 9.17) is 5.11 Å². The maximum atomic E-state index is 12.9. The van der Waals surface area contributed by atoms with Crippen molar-refractivity contribution in [2.75, 3.05) is 7.05 Å². The van der Waals surface area contributed by atoms with Crippen LogP contribution in [0, 0.1) is 5.82 Å². The van der Waals surface area contributed by atoms with E-state index in [0.717, 1.165) is 0 Å². The lowest BCUT2D eigenvalue weighted by Crippen LogP contribution is -2.37. The molecule has 2 rings (SSSR count). The Kier molecular flexibility index (Phi) is 3.14. The van der Waals surface area contributed by atoms with Gasteiger partial charge in [0.15, 0.2) is 0 Å². The quantitative estimate of drug-likeness (QED) is 0.868. The highest BCUT2D eigenvalue weighted by Gasteiger charge is 2.32. The summed E-state index contributed by atoms with van der Waals surface area (Å²) in [5.74, 6) is -1.62. The Morgan fingerprint density at radius 3 is 2.56 bits per heavy atom. The van der Waals surface area contributed by atoms with Crippen LogP contribution in [0.4, 0.5) is 4.39 Å². The van der Waals surface area contributed by atoms with E-state index in [1.165, 1.54) is 35.2 Å². The van der Waals surface area contributed by atoms with Crippen LogP contribution in [0.5, 0.6) is 0 Å². The Labute approximate surface area is 103 Å². The molecule has 0 radical (unpaired) electrons. The molecule has 1 aromatic carbocycles. The summed E-state index contributed by atoms with van der Waals surface area (Å²) in [4.78, 5) is 24.2. The Balaban J connectivity index is 2.46. The minimum Gasteiger partial charge on any atom is -0.478 e. The number of carboxylic acids is 1. The van der Waals surface area contributed by atoms with Crippen LogP contribution in [-0.4, -0.2) is 28.9 Å². The van der Waals surface area contributed by atoms with Gasteiger partial charge in [-0.15, -0.1) is 0 Å². The van der Waals surface area contributed by atoms with Crippen molar-refractivity contribution in [1.29, 1.82) is 0 Å². The Morgan fingerprint density at radius 1 is 1.39 bits per heavy atom. The molecular formula is C13H12FNO3. The smallest absolute Gasteiger partial charge is 0.333 e. The third-order valence-electron chi connectivity index (χ3n) is 3.00. The van der Waals surface area contributed by atoms with Crippen molar-refractivity contribution in [2.45, 2.75) is 12.5 Å². The molecule has 1 unspecified atom stereocenters. The number of rotatable bonds is 2. The maximum Gasteiger partial charge on any atom is 0.333 e. The molecule has 1 heterocycles. The van der Waals surface area contributed by atoms with E-state index >= 15 is 0 Å². The lowest BCUT2D eigenvalue weighted by Gasteiger charge is -2.32. The number of carbonyl (C=O) groups is 2. The summed E-state index contributed by atoms with van der Waals surface area (Å²) in [7, 11) is 1.55. The van der Waals surface area contributed by atoms with Crippen molar-refractivity contribution in [3.63, 3.8) is 0 Å². The van der Waals surface area contributed by atoms with Crippen LogP contribution in [0.25, 0.3) is 0 Å². The third kappa shape index (κ3) is 2.11. The van der Waals surface area contributed by atoms with Crippen molar-refractivity contribution in [2.24, 2.45) is 0 Å². The number of aliphatic carboxylic acids is 1. The van der Waals surface area contributed by atoms with Gasteiger partial charge < -0.3 is 10.0 Å². The number of carbonyl (C=O) groups excluding carboxylic acids is 1. The van der Waals surface area contributed by atoms with Gasteiger partial charge >= 0.3 is 5.97 Å². The second-order valence-electron chi connectivity index (χ2n) is 4.13. The first-order chi connectivity index (χ1) is 8.50. The van der Waals surface area contributed by atoms with Crippen LogP contribution < -0.4 is 0 Å². The zero-order chi connectivity index (χ0) is 13.3. The maximum absolute atomic E-state index is 12.9. The van der Waals surface area contributed by atoms with Gasteiger partial charge in [0.25, 0.3) is 0 Å². The molecule has 0 bridgehead atoms. The molecule has 0 spiro atoms. The number of halogens is 1. The number of likely N-dealkylation sites (N-methyl/N-ethyl adjacent to an activating group) is 1. The van der Waals surface area contributed by atoms with Gasteiger partial charge in [0, 0.05) is 13.5 Å². The van der Waals surface area contributed by atoms with Crippen molar-refractivity contribution in [3.05, 3.63) is 47.3 Å². The summed E-state index contributed by atoms with van der Waals surface area (Å²) >= 11 is 0. The Morgan fingerprint density at radius 2 is 2.00 bits per heavy atom. The van der Waals surface area contributed by atoms with E-state index in [1.807, 2.05) is 0 Å².